The number of benzene rings is 1. The molecule has 0 aliphatic carbocycles. The van der Waals surface area contributed by atoms with E-state index in [9.17, 15) is 14.4 Å². The average molecular weight is 297 g/mol. The van der Waals surface area contributed by atoms with Crippen LogP contribution in [0.25, 0.3) is 0 Å². The molecule has 1 aromatic rings. The summed E-state index contributed by atoms with van der Waals surface area (Å²) in [5, 5.41) is 11.6. The monoisotopic (exact) mass is 296 g/mol. The van der Waals surface area contributed by atoms with Crippen LogP contribution in [-0.4, -0.2) is 34.0 Å². The lowest BCUT2D eigenvalue weighted by Crippen LogP contribution is -2.31. The van der Waals surface area contributed by atoms with E-state index in [-0.39, 0.29) is 19.4 Å². The van der Waals surface area contributed by atoms with Gasteiger partial charge in [0.1, 0.15) is 6.04 Å². The summed E-state index contributed by atoms with van der Waals surface area (Å²) in [7, 11) is 0. The van der Waals surface area contributed by atoms with Crippen LogP contribution in [0, 0.1) is 0 Å². The number of imide groups is 1. The first-order valence-corrected chi connectivity index (χ1v) is 6.43. The SMILES string of the molecule is O=C(O)CCC1NC(=O)N(Cc2cccc(Cl)c2)C1=O. The zero-order chi connectivity index (χ0) is 14.7. The second-order valence-corrected chi connectivity index (χ2v) is 4.93. The van der Waals surface area contributed by atoms with Gasteiger partial charge in [-0.05, 0) is 24.1 Å². The molecular weight excluding hydrogens is 284 g/mol. The maximum atomic E-state index is 12.0. The van der Waals surface area contributed by atoms with Gasteiger partial charge in [-0.2, -0.15) is 0 Å². The van der Waals surface area contributed by atoms with Gasteiger partial charge in [0.15, 0.2) is 0 Å². The van der Waals surface area contributed by atoms with Crippen LogP contribution in [0.2, 0.25) is 5.02 Å². The Balaban J connectivity index is 2.03. The second-order valence-electron chi connectivity index (χ2n) is 4.49. The molecule has 2 rings (SSSR count). The number of urea groups is 1. The van der Waals surface area contributed by atoms with Crippen LogP contribution in [-0.2, 0) is 16.1 Å². The van der Waals surface area contributed by atoms with Gasteiger partial charge in [0.05, 0.1) is 6.54 Å². The van der Waals surface area contributed by atoms with E-state index in [1.165, 1.54) is 0 Å². The van der Waals surface area contributed by atoms with Crippen molar-refractivity contribution < 1.29 is 19.5 Å². The van der Waals surface area contributed by atoms with E-state index < -0.39 is 23.9 Å². The normalized spacial score (nSPS) is 18.2. The Bertz CT molecular complexity index is 561. The van der Waals surface area contributed by atoms with E-state index in [0.717, 1.165) is 10.5 Å². The van der Waals surface area contributed by atoms with E-state index >= 15 is 0 Å². The molecule has 1 heterocycles. The number of halogens is 1. The van der Waals surface area contributed by atoms with E-state index in [2.05, 4.69) is 5.32 Å². The molecule has 20 heavy (non-hydrogen) atoms. The van der Waals surface area contributed by atoms with E-state index in [0.29, 0.717) is 5.02 Å². The number of nitrogens with zero attached hydrogens (tertiary/aromatic N) is 1. The quantitative estimate of drug-likeness (QED) is 0.809. The maximum absolute atomic E-state index is 12.0. The smallest absolute Gasteiger partial charge is 0.325 e. The summed E-state index contributed by atoms with van der Waals surface area (Å²) < 4.78 is 0. The van der Waals surface area contributed by atoms with Gasteiger partial charge in [-0.3, -0.25) is 14.5 Å². The van der Waals surface area contributed by atoms with Crippen molar-refractivity contribution in [3.8, 4) is 0 Å². The lowest BCUT2D eigenvalue weighted by molar-refractivity contribution is -0.137. The number of amides is 3. The summed E-state index contributed by atoms with van der Waals surface area (Å²) >= 11 is 5.85. The van der Waals surface area contributed by atoms with Crippen LogP contribution < -0.4 is 5.32 Å². The third-order valence-corrected chi connectivity index (χ3v) is 3.22. The van der Waals surface area contributed by atoms with Gasteiger partial charge in [-0.25, -0.2) is 4.79 Å². The summed E-state index contributed by atoms with van der Waals surface area (Å²) in [6, 6.07) is 5.59. The predicted molar refractivity (Wildman–Crippen MR) is 71.2 cm³/mol. The van der Waals surface area contributed by atoms with Crippen molar-refractivity contribution in [3.63, 3.8) is 0 Å². The number of carboxylic acid groups (broad SMARTS) is 1. The van der Waals surface area contributed by atoms with Gasteiger partial charge in [0, 0.05) is 11.4 Å². The Hall–Kier alpha value is -2.08. The molecule has 1 atom stereocenters. The van der Waals surface area contributed by atoms with Gasteiger partial charge in [0.25, 0.3) is 5.91 Å². The van der Waals surface area contributed by atoms with Crippen molar-refractivity contribution >= 4 is 29.5 Å². The summed E-state index contributed by atoms with van der Waals surface area (Å²) in [5.41, 5.74) is 0.736. The summed E-state index contributed by atoms with van der Waals surface area (Å²) in [6.45, 7) is 0.120. The van der Waals surface area contributed by atoms with Crippen molar-refractivity contribution in [2.24, 2.45) is 0 Å². The van der Waals surface area contributed by atoms with Gasteiger partial charge in [-0.1, -0.05) is 23.7 Å². The third-order valence-electron chi connectivity index (χ3n) is 2.98. The number of carboxylic acids is 1. The highest BCUT2D eigenvalue weighted by atomic mass is 35.5. The molecular formula is C13H13ClN2O4. The van der Waals surface area contributed by atoms with Crippen LogP contribution in [0.1, 0.15) is 18.4 Å². The van der Waals surface area contributed by atoms with Gasteiger partial charge < -0.3 is 10.4 Å². The lowest BCUT2D eigenvalue weighted by atomic mass is 10.1. The number of rotatable bonds is 5. The van der Waals surface area contributed by atoms with Crippen molar-refractivity contribution in [1.29, 1.82) is 0 Å². The molecule has 1 fully saturated rings. The average Bonchev–Trinajstić information content (AvgIpc) is 2.64. The van der Waals surface area contributed by atoms with Crippen LogP contribution in [0.5, 0.6) is 0 Å². The van der Waals surface area contributed by atoms with Crippen molar-refractivity contribution in [1.82, 2.24) is 10.2 Å². The number of carbonyl (C=O) groups is 3. The maximum Gasteiger partial charge on any atom is 0.325 e. The van der Waals surface area contributed by atoms with E-state index in [1.54, 1.807) is 24.3 Å². The number of aliphatic carboxylic acids is 1. The summed E-state index contributed by atoms with van der Waals surface area (Å²) in [6.07, 6.45) is -0.0757. The Morgan fingerprint density at radius 3 is 2.80 bits per heavy atom. The van der Waals surface area contributed by atoms with Gasteiger partial charge in [0.2, 0.25) is 0 Å². The lowest BCUT2D eigenvalue weighted by Gasteiger charge is -2.13. The molecule has 0 saturated carbocycles. The first-order chi connectivity index (χ1) is 9.47. The molecule has 1 aliphatic heterocycles. The molecule has 1 unspecified atom stereocenters. The zero-order valence-electron chi connectivity index (χ0n) is 10.5. The minimum Gasteiger partial charge on any atom is -0.481 e. The number of hydrogen-bond donors (Lipinski definition) is 2. The topological polar surface area (TPSA) is 86.7 Å². The minimum atomic E-state index is -1.000. The van der Waals surface area contributed by atoms with Crippen molar-refractivity contribution in [2.45, 2.75) is 25.4 Å². The molecule has 2 N–H and O–H groups in total. The number of nitrogens with one attached hydrogen (secondary N) is 1. The molecule has 1 saturated heterocycles. The largest absolute Gasteiger partial charge is 0.481 e. The minimum absolute atomic E-state index is 0.0892. The highest BCUT2D eigenvalue weighted by Gasteiger charge is 2.37. The van der Waals surface area contributed by atoms with Gasteiger partial charge in [-0.15, -0.1) is 0 Å². The molecule has 7 heteroatoms. The van der Waals surface area contributed by atoms with Crippen LogP contribution in [0.15, 0.2) is 24.3 Å². The fraction of sp³-hybridized carbons (Fsp3) is 0.308. The molecule has 0 radical (unpaired) electrons. The molecule has 3 amide bonds. The van der Waals surface area contributed by atoms with E-state index in [1.807, 2.05) is 0 Å². The Morgan fingerprint density at radius 1 is 1.40 bits per heavy atom. The molecule has 0 bridgehead atoms. The second kappa shape index (κ2) is 5.92. The van der Waals surface area contributed by atoms with Crippen molar-refractivity contribution in [3.05, 3.63) is 34.9 Å². The van der Waals surface area contributed by atoms with Crippen molar-refractivity contribution in [2.75, 3.05) is 0 Å². The molecule has 1 aliphatic rings. The molecule has 0 aromatic heterocycles. The van der Waals surface area contributed by atoms with Crippen LogP contribution >= 0.6 is 11.6 Å². The standard InChI is InChI=1S/C13H13ClN2O4/c14-9-3-1-2-8(6-9)7-16-12(19)10(15-13(16)20)4-5-11(17)18/h1-3,6,10H,4-5,7H2,(H,15,20)(H,17,18). The summed E-state index contributed by atoms with van der Waals surface area (Å²) in [5.74, 6) is -1.41. The number of carbonyl (C=O) groups excluding carboxylic acids is 2. The molecule has 106 valence electrons. The predicted octanol–water partition coefficient (Wildman–Crippen LogP) is 1.63. The third kappa shape index (κ3) is 3.27. The first-order valence-electron chi connectivity index (χ1n) is 6.05. The molecule has 0 spiro atoms. The Kier molecular flexibility index (Phi) is 4.24. The first kappa shape index (κ1) is 14.3. The summed E-state index contributed by atoms with van der Waals surface area (Å²) in [4.78, 5) is 35.3. The Morgan fingerprint density at radius 2 is 2.15 bits per heavy atom. The van der Waals surface area contributed by atoms with Crippen LogP contribution in [0.3, 0.4) is 0 Å². The zero-order valence-corrected chi connectivity index (χ0v) is 11.3. The fourth-order valence-corrected chi connectivity index (χ4v) is 2.22. The molecule has 6 nitrogen and oxygen atoms in total. The highest BCUT2D eigenvalue weighted by molar-refractivity contribution is 6.30. The molecule has 1 aromatic carbocycles. The Labute approximate surface area is 120 Å². The highest BCUT2D eigenvalue weighted by Crippen LogP contribution is 2.17. The van der Waals surface area contributed by atoms with Gasteiger partial charge >= 0.3 is 12.0 Å². The fourth-order valence-electron chi connectivity index (χ4n) is 2.01. The van der Waals surface area contributed by atoms with Crippen LogP contribution in [0.4, 0.5) is 4.79 Å². The number of hydrogen-bond acceptors (Lipinski definition) is 3. The van der Waals surface area contributed by atoms with E-state index in [4.69, 9.17) is 16.7 Å².